The maximum Gasteiger partial charge on any atom is 0.309 e. The number of aryl methyl sites for hydroxylation is 1. The first-order valence-electron chi connectivity index (χ1n) is 5.14. The van der Waals surface area contributed by atoms with Crippen molar-refractivity contribution < 1.29 is 13.9 Å². The summed E-state index contributed by atoms with van der Waals surface area (Å²) in [5.41, 5.74) is 0. The first-order valence-corrected chi connectivity index (χ1v) is 6.29. The highest BCUT2D eigenvalue weighted by Gasteiger charge is 2.13. The molecular formula is C10H16N2O3S. The van der Waals surface area contributed by atoms with Crippen molar-refractivity contribution in [3.8, 4) is 0 Å². The number of rotatable bonds is 6. The van der Waals surface area contributed by atoms with Crippen molar-refractivity contribution in [2.45, 2.75) is 26.0 Å². The van der Waals surface area contributed by atoms with Crippen LogP contribution >= 0.6 is 11.8 Å². The maximum absolute atomic E-state index is 11.1. The van der Waals surface area contributed by atoms with E-state index in [0.29, 0.717) is 23.3 Å². The summed E-state index contributed by atoms with van der Waals surface area (Å²) >= 11 is 1.58. The maximum atomic E-state index is 11.1. The molecule has 0 saturated carbocycles. The number of carbonyl (C=O) groups is 1. The van der Waals surface area contributed by atoms with Gasteiger partial charge in [0.2, 0.25) is 11.8 Å². The lowest BCUT2D eigenvalue weighted by atomic mass is 10.2. The SMILES string of the molecule is CCc1nnc(CSCC(C)C(=O)OC)o1. The molecule has 1 aromatic heterocycles. The van der Waals surface area contributed by atoms with Crippen molar-refractivity contribution in [3.05, 3.63) is 11.8 Å². The molecule has 0 aliphatic heterocycles. The fourth-order valence-corrected chi connectivity index (χ4v) is 1.98. The Bertz CT molecular complexity index is 341. The van der Waals surface area contributed by atoms with Gasteiger partial charge in [0.1, 0.15) is 0 Å². The van der Waals surface area contributed by atoms with Crippen LogP contribution in [0.3, 0.4) is 0 Å². The molecule has 1 atom stereocenters. The smallest absolute Gasteiger partial charge is 0.309 e. The predicted octanol–water partition coefficient (Wildman–Crippen LogP) is 1.67. The summed E-state index contributed by atoms with van der Waals surface area (Å²) in [5.74, 6) is 2.29. The number of thioether (sulfide) groups is 1. The monoisotopic (exact) mass is 244 g/mol. The van der Waals surface area contributed by atoms with Crippen LogP contribution in [0.15, 0.2) is 4.42 Å². The second-order valence-corrected chi connectivity index (χ2v) is 4.41. The Morgan fingerprint density at radius 3 is 2.75 bits per heavy atom. The summed E-state index contributed by atoms with van der Waals surface area (Å²) in [6.45, 7) is 3.80. The molecule has 0 aromatic carbocycles. The molecule has 0 aliphatic rings. The number of methoxy groups -OCH3 is 1. The molecule has 90 valence electrons. The van der Waals surface area contributed by atoms with E-state index in [-0.39, 0.29) is 11.9 Å². The minimum atomic E-state index is -0.188. The quantitative estimate of drug-likeness (QED) is 0.709. The van der Waals surface area contributed by atoms with Crippen molar-refractivity contribution in [2.24, 2.45) is 5.92 Å². The van der Waals surface area contributed by atoms with Crippen molar-refractivity contribution in [1.29, 1.82) is 0 Å². The molecule has 5 nitrogen and oxygen atoms in total. The van der Waals surface area contributed by atoms with Crippen LogP contribution in [-0.4, -0.2) is 29.0 Å². The van der Waals surface area contributed by atoms with E-state index in [1.807, 2.05) is 13.8 Å². The fourth-order valence-electron chi connectivity index (χ4n) is 1.08. The molecular weight excluding hydrogens is 228 g/mol. The highest BCUT2D eigenvalue weighted by molar-refractivity contribution is 7.98. The summed E-state index contributed by atoms with van der Waals surface area (Å²) in [6, 6.07) is 0. The van der Waals surface area contributed by atoms with Gasteiger partial charge in [0.25, 0.3) is 0 Å². The number of nitrogens with zero attached hydrogens (tertiary/aromatic N) is 2. The first-order chi connectivity index (χ1) is 7.67. The lowest BCUT2D eigenvalue weighted by molar-refractivity contribution is -0.143. The van der Waals surface area contributed by atoms with Crippen LogP contribution in [-0.2, 0) is 21.7 Å². The second-order valence-electron chi connectivity index (χ2n) is 3.38. The lowest BCUT2D eigenvalue weighted by Gasteiger charge is -2.06. The summed E-state index contributed by atoms with van der Waals surface area (Å²) in [7, 11) is 1.40. The zero-order valence-electron chi connectivity index (χ0n) is 9.73. The van der Waals surface area contributed by atoms with Gasteiger partial charge in [-0.2, -0.15) is 11.8 Å². The summed E-state index contributed by atoms with van der Waals surface area (Å²) in [4.78, 5) is 11.1. The third-order valence-corrected chi connectivity index (χ3v) is 3.19. The largest absolute Gasteiger partial charge is 0.469 e. The predicted molar refractivity (Wildman–Crippen MR) is 61.0 cm³/mol. The Hall–Kier alpha value is -1.04. The molecule has 1 aromatic rings. The topological polar surface area (TPSA) is 65.2 Å². The van der Waals surface area contributed by atoms with Gasteiger partial charge in [0, 0.05) is 12.2 Å². The van der Waals surface area contributed by atoms with Crippen LogP contribution in [0.1, 0.15) is 25.6 Å². The molecule has 0 fully saturated rings. The van der Waals surface area contributed by atoms with Crippen LogP contribution in [0.25, 0.3) is 0 Å². The van der Waals surface area contributed by atoms with Crippen molar-refractivity contribution >= 4 is 17.7 Å². The van der Waals surface area contributed by atoms with E-state index in [4.69, 9.17) is 4.42 Å². The molecule has 0 spiro atoms. The van der Waals surface area contributed by atoms with Crippen LogP contribution in [0.5, 0.6) is 0 Å². The van der Waals surface area contributed by atoms with Crippen LogP contribution in [0, 0.1) is 5.92 Å². The van der Waals surface area contributed by atoms with Crippen molar-refractivity contribution in [3.63, 3.8) is 0 Å². The molecule has 0 bridgehead atoms. The minimum Gasteiger partial charge on any atom is -0.469 e. The van der Waals surface area contributed by atoms with Gasteiger partial charge >= 0.3 is 5.97 Å². The van der Waals surface area contributed by atoms with Crippen molar-refractivity contribution in [1.82, 2.24) is 10.2 Å². The van der Waals surface area contributed by atoms with Gasteiger partial charge in [0.05, 0.1) is 18.8 Å². The molecule has 16 heavy (non-hydrogen) atoms. The van der Waals surface area contributed by atoms with Gasteiger partial charge in [0.15, 0.2) is 0 Å². The minimum absolute atomic E-state index is 0.108. The first kappa shape index (κ1) is 13.0. The van der Waals surface area contributed by atoms with E-state index < -0.39 is 0 Å². The van der Waals surface area contributed by atoms with Crippen LogP contribution in [0.4, 0.5) is 0 Å². The number of aromatic nitrogens is 2. The highest BCUT2D eigenvalue weighted by Crippen LogP contribution is 2.15. The Balaban J connectivity index is 2.27. The number of carbonyl (C=O) groups excluding carboxylic acids is 1. The Kier molecular flexibility index (Phi) is 5.31. The molecule has 1 heterocycles. The van der Waals surface area contributed by atoms with Crippen LogP contribution < -0.4 is 0 Å². The highest BCUT2D eigenvalue weighted by atomic mass is 32.2. The van der Waals surface area contributed by atoms with Gasteiger partial charge in [-0.25, -0.2) is 0 Å². The zero-order chi connectivity index (χ0) is 12.0. The van der Waals surface area contributed by atoms with E-state index in [0.717, 1.165) is 6.42 Å². The van der Waals surface area contributed by atoms with Gasteiger partial charge < -0.3 is 9.15 Å². The molecule has 1 rings (SSSR count). The van der Waals surface area contributed by atoms with Crippen LogP contribution in [0.2, 0.25) is 0 Å². The number of esters is 1. The third-order valence-electron chi connectivity index (χ3n) is 2.01. The zero-order valence-corrected chi connectivity index (χ0v) is 10.5. The molecule has 1 unspecified atom stereocenters. The molecule has 0 saturated heterocycles. The summed E-state index contributed by atoms with van der Waals surface area (Å²) in [5, 5.41) is 7.76. The molecule has 0 radical (unpaired) electrons. The third kappa shape index (κ3) is 3.84. The Morgan fingerprint density at radius 2 is 2.19 bits per heavy atom. The Morgan fingerprint density at radius 1 is 1.50 bits per heavy atom. The Labute approximate surface area is 99.0 Å². The molecule has 0 N–H and O–H groups in total. The van der Waals surface area contributed by atoms with E-state index in [1.165, 1.54) is 7.11 Å². The number of hydrogen-bond acceptors (Lipinski definition) is 6. The van der Waals surface area contributed by atoms with Gasteiger partial charge in [-0.3, -0.25) is 4.79 Å². The van der Waals surface area contributed by atoms with E-state index >= 15 is 0 Å². The molecule has 0 aliphatic carbocycles. The fraction of sp³-hybridized carbons (Fsp3) is 0.700. The lowest BCUT2D eigenvalue weighted by Crippen LogP contribution is -2.14. The van der Waals surface area contributed by atoms with Gasteiger partial charge in [-0.05, 0) is 0 Å². The van der Waals surface area contributed by atoms with Gasteiger partial charge in [-0.15, -0.1) is 10.2 Å². The average molecular weight is 244 g/mol. The molecule has 6 heteroatoms. The van der Waals surface area contributed by atoms with E-state index in [2.05, 4.69) is 14.9 Å². The summed E-state index contributed by atoms with van der Waals surface area (Å²) < 4.78 is 9.97. The summed E-state index contributed by atoms with van der Waals surface area (Å²) in [6.07, 6.45) is 0.746. The van der Waals surface area contributed by atoms with E-state index in [9.17, 15) is 4.79 Å². The number of hydrogen-bond donors (Lipinski definition) is 0. The second kappa shape index (κ2) is 6.52. The van der Waals surface area contributed by atoms with E-state index in [1.54, 1.807) is 11.8 Å². The average Bonchev–Trinajstić information content (AvgIpc) is 2.75. The van der Waals surface area contributed by atoms with Gasteiger partial charge in [-0.1, -0.05) is 13.8 Å². The normalized spacial score (nSPS) is 12.4. The number of ether oxygens (including phenoxy) is 1. The van der Waals surface area contributed by atoms with Crippen molar-refractivity contribution in [2.75, 3.05) is 12.9 Å². The standard InChI is InChI=1S/C10H16N2O3S/c1-4-8-11-12-9(15-8)6-16-5-7(2)10(13)14-3/h7H,4-6H2,1-3H3. The molecule has 0 amide bonds.